The first-order valence-corrected chi connectivity index (χ1v) is 7.73. The molecule has 1 saturated heterocycles. The second-order valence-corrected chi connectivity index (χ2v) is 5.38. The number of rotatable bonds is 5. The zero-order valence-electron chi connectivity index (χ0n) is 14.3. The Bertz CT molecular complexity index is 567. The molecule has 3 N–H and O–H groups in total. The molecule has 0 saturated carbocycles. The number of nitrogens with one attached hydrogen (secondary N) is 3. The van der Waals surface area contributed by atoms with Gasteiger partial charge in [0.15, 0.2) is 5.96 Å². The van der Waals surface area contributed by atoms with Crippen molar-refractivity contribution in [3.05, 3.63) is 24.3 Å². The number of amides is 1. The van der Waals surface area contributed by atoms with Crippen molar-refractivity contribution in [3.63, 3.8) is 0 Å². The van der Waals surface area contributed by atoms with Crippen LogP contribution < -0.4 is 25.6 Å². The van der Waals surface area contributed by atoms with Crippen molar-refractivity contribution in [3.8, 4) is 5.75 Å². The van der Waals surface area contributed by atoms with Crippen LogP contribution in [0, 0.1) is 0 Å². The standard InChI is InChI=1S/C16H25N5O2.HI/c1-17-15(22)10-19-16(18-2)20-12-7-8-21(11-12)13-5-4-6-14(9-13)23-3;/h4-6,9,12H,7-8,10-11H2,1-3H3,(H,17,22)(H2,18,19,20);1H. The molecule has 2 rings (SSSR count). The molecule has 0 bridgehead atoms. The third kappa shape index (κ3) is 5.73. The molecule has 134 valence electrons. The Morgan fingerprint density at radius 3 is 2.92 bits per heavy atom. The second-order valence-electron chi connectivity index (χ2n) is 5.38. The van der Waals surface area contributed by atoms with Gasteiger partial charge >= 0.3 is 0 Å². The maximum Gasteiger partial charge on any atom is 0.239 e. The fraction of sp³-hybridized carbons (Fsp3) is 0.500. The minimum atomic E-state index is -0.0719. The molecular weight excluding hydrogens is 421 g/mol. The summed E-state index contributed by atoms with van der Waals surface area (Å²) in [6.07, 6.45) is 1.01. The van der Waals surface area contributed by atoms with Crippen LogP contribution >= 0.6 is 24.0 Å². The van der Waals surface area contributed by atoms with Crippen molar-refractivity contribution >= 4 is 41.5 Å². The number of halogens is 1. The molecule has 24 heavy (non-hydrogen) atoms. The zero-order chi connectivity index (χ0) is 16.7. The van der Waals surface area contributed by atoms with Gasteiger partial charge in [0.05, 0.1) is 13.7 Å². The van der Waals surface area contributed by atoms with E-state index in [2.05, 4.69) is 31.9 Å². The number of methoxy groups -OCH3 is 1. The smallest absolute Gasteiger partial charge is 0.239 e. The summed E-state index contributed by atoms with van der Waals surface area (Å²) >= 11 is 0. The van der Waals surface area contributed by atoms with Gasteiger partial charge in [-0.2, -0.15) is 0 Å². The monoisotopic (exact) mass is 447 g/mol. The first-order chi connectivity index (χ1) is 11.2. The Morgan fingerprint density at radius 2 is 2.25 bits per heavy atom. The van der Waals surface area contributed by atoms with Crippen LogP contribution in [0.4, 0.5) is 5.69 Å². The molecule has 1 aromatic rings. The summed E-state index contributed by atoms with van der Waals surface area (Å²) in [7, 11) is 4.99. The number of aliphatic imine (C=N–C) groups is 1. The number of carbonyl (C=O) groups excluding carboxylic acids is 1. The van der Waals surface area contributed by atoms with Crippen LogP contribution in [0.25, 0.3) is 0 Å². The predicted octanol–water partition coefficient (Wildman–Crippen LogP) is 0.803. The fourth-order valence-electron chi connectivity index (χ4n) is 2.56. The Kier molecular flexibility index (Phi) is 8.66. The molecule has 1 unspecified atom stereocenters. The summed E-state index contributed by atoms with van der Waals surface area (Å²) in [5, 5.41) is 8.94. The molecule has 1 atom stereocenters. The number of ether oxygens (including phenoxy) is 1. The number of hydrogen-bond acceptors (Lipinski definition) is 4. The van der Waals surface area contributed by atoms with Crippen LogP contribution in [-0.4, -0.2) is 58.7 Å². The summed E-state index contributed by atoms with van der Waals surface area (Å²) in [5.74, 6) is 1.44. The summed E-state index contributed by atoms with van der Waals surface area (Å²) in [5.41, 5.74) is 1.15. The van der Waals surface area contributed by atoms with Crippen LogP contribution in [0.1, 0.15) is 6.42 Å². The highest BCUT2D eigenvalue weighted by Gasteiger charge is 2.23. The second kappa shape index (κ2) is 10.2. The normalized spacial score (nSPS) is 17.0. The number of benzene rings is 1. The van der Waals surface area contributed by atoms with E-state index in [-0.39, 0.29) is 42.5 Å². The Labute approximate surface area is 160 Å². The molecule has 0 radical (unpaired) electrons. The molecule has 0 spiro atoms. The highest BCUT2D eigenvalue weighted by atomic mass is 127. The topological polar surface area (TPSA) is 78.0 Å². The van der Waals surface area contributed by atoms with Crippen molar-refractivity contribution in [2.45, 2.75) is 12.5 Å². The van der Waals surface area contributed by atoms with Crippen LogP contribution in [0.15, 0.2) is 29.3 Å². The Morgan fingerprint density at radius 1 is 1.46 bits per heavy atom. The summed E-state index contributed by atoms with van der Waals surface area (Å²) < 4.78 is 5.28. The van der Waals surface area contributed by atoms with E-state index in [1.165, 1.54) is 0 Å². The number of hydrogen-bond donors (Lipinski definition) is 3. The lowest BCUT2D eigenvalue weighted by atomic mass is 10.2. The van der Waals surface area contributed by atoms with Crippen molar-refractivity contribution in [1.82, 2.24) is 16.0 Å². The largest absolute Gasteiger partial charge is 0.497 e. The van der Waals surface area contributed by atoms with E-state index in [1.54, 1.807) is 21.2 Å². The average Bonchev–Trinajstić information content (AvgIpc) is 3.06. The van der Waals surface area contributed by atoms with Crippen LogP contribution in [0.5, 0.6) is 5.75 Å². The van der Waals surface area contributed by atoms with Gasteiger partial charge in [-0.3, -0.25) is 9.79 Å². The molecule has 1 amide bonds. The van der Waals surface area contributed by atoms with Gasteiger partial charge in [-0.05, 0) is 18.6 Å². The SMILES string of the molecule is CN=C(NCC(=O)NC)NC1CCN(c2cccc(OC)c2)C1.I. The van der Waals surface area contributed by atoms with E-state index in [4.69, 9.17) is 4.74 Å². The van der Waals surface area contributed by atoms with E-state index in [9.17, 15) is 4.79 Å². The van der Waals surface area contributed by atoms with Gasteiger partial charge < -0.3 is 25.6 Å². The molecule has 1 fully saturated rings. The van der Waals surface area contributed by atoms with Crippen LogP contribution in [-0.2, 0) is 4.79 Å². The Hall–Kier alpha value is -1.71. The van der Waals surface area contributed by atoms with Gasteiger partial charge in [-0.15, -0.1) is 24.0 Å². The van der Waals surface area contributed by atoms with Crippen molar-refractivity contribution in [2.75, 3.05) is 45.7 Å². The van der Waals surface area contributed by atoms with Gasteiger partial charge in [0.1, 0.15) is 5.75 Å². The summed E-state index contributed by atoms with van der Waals surface area (Å²) in [4.78, 5) is 17.8. The third-order valence-corrected chi connectivity index (χ3v) is 3.87. The van der Waals surface area contributed by atoms with Crippen molar-refractivity contribution in [1.29, 1.82) is 0 Å². The number of carbonyl (C=O) groups is 1. The fourth-order valence-corrected chi connectivity index (χ4v) is 2.56. The molecule has 1 aliphatic rings. The van der Waals surface area contributed by atoms with E-state index >= 15 is 0 Å². The predicted molar refractivity (Wildman–Crippen MR) is 108 cm³/mol. The Balaban J connectivity index is 0.00000288. The number of nitrogens with zero attached hydrogens (tertiary/aromatic N) is 2. The lowest BCUT2D eigenvalue weighted by molar-refractivity contribution is -0.119. The van der Waals surface area contributed by atoms with Gasteiger partial charge in [0.2, 0.25) is 5.91 Å². The highest BCUT2D eigenvalue weighted by Crippen LogP contribution is 2.24. The first kappa shape index (κ1) is 20.3. The highest BCUT2D eigenvalue weighted by molar-refractivity contribution is 14.0. The van der Waals surface area contributed by atoms with Crippen LogP contribution in [0.3, 0.4) is 0 Å². The lowest BCUT2D eigenvalue weighted by Crippen LogP contribution is -2.47. The number of likely N-dealkylation sites (N-methyl/N-ethyl adjacent to an activating group) is 1. The van der Waals surface area contributed by atoms with Crippen molar-refractivity contribution in [2.24, 2.45) is 4.99 Å². The van der Waals surface area contributed by atoms with Gasteiger partial charge in [-0.25, -0.2) is 0 Å². The van der Waals surface area contributed by atoms with Gasteiger partial charge in [0, 0.05) is 45.0 Å². The quantitative estimate of drug-likeness (QED) is 0.354. The minimum absolute atomic E-state index is 0. The maximum absolute atomic E-state index is 11.3. The van der Waals surface area contributed by atoms with E-state index in [1.807, 2.05) is 18.2 Å². The van der Waals surface area contributed by atoms with Crippen LogP contribution in [0.2, 0.25) is 0 Å². The zero-order valence-corrected chi connectivity index (χ0v) is 16.7. The maximum atomic E-state index is 11.3. The van der Waals surface area contributed by atoms with E-state index in [0.717, 1.165) is 30.9 Å². The molecule has 1 aromatic carbocycles. The average molecular weight is 447 g/mol. The third-order valence-electron chi connectivity index (χ3n) is 3.87. The molecule has 0 aromatic heterocycles. The van der Waals surface area contributed by atoms with Gasteiger partial charge in [-0.1, -0.05) is 6.07 Å². The number of anilines is 1. The minimum Gasteiger partial charge on any atom is -0.497 e. The molecule has 8 heteroatoms. The lowest BCUT2D eigenvalue weighted by Gasteiger charge is -2.20. The van der Waals surface area contributed by atoms with Gasteiger partial charge in [0.25, 0.3) is 0 Å². The first-order valence-electron chi connectivity index (χ1n) is 7.73. The van der Waals surface area contributed by atoms with Crippen molar-refractivity contribution < 1.29 is 9.53 Å². The molecule has 0 aliphatic carbocycles. The summed E-state index contributed by atoms with van der Waals surface area (Å²) in [6, 6.07) is 8.36. The molecule has 1 heterocycles. The molecular formula is C16H26IN5O2. The van der Waals surface area contributed by atoms with E-state index < -0.39 is 0 Å². The van der Waals surface area contributed by atoms with E-state index in [0.29, 0.717) is 5.96 Å². The number of guanidine groups is 1. The molecule has 7 nitrogen and oxygen atoms in total. The summed E-state index contributed by atoms with van der Waals surface area (Å²) in [6.45, 7) is 2.06. The molecule has 1 aliphatic heterocycles.